The summed E-state index contributed by atoms with van der Waals surface area (Å²) < 4.78 is 6.02. The number of anilines is 1. The van der Waals surface area contributed by atoms with Crippen LogP contribution < -0.4 is 5.32 Å². The second kappa shape index (κ2) is 6.93. The van der Waals surface area contributed by atoms with Gasteiger partial charge >= 0.3 is 0 Å². The zero-order chi connectivity index (χ0) is 15.5. The number of aromatic nitrogens is 2. The standard InChI is InChI=1S/C16H26ClN3O/c1-5-16(6-2)10-12(7-8-21-16)18-14-9-13(17)19-15(20-14)11(3)4/h9,11-12H,5-8,10H2,1-4H3,(H,18,19,20). The van der Waals surface area contributed by atoms with Gasteiger partial charge in [0.2, 0.25) is 0 Å². The SMILES string of the molecule is CCC1(CC)CC(Nc2cc(Cl)nc(C(C)C)n2)CCO1. The Balaban J connectivity index is 2.11. The third-order valence-corrected chi connectivity index (χ3v) is 4.56. The summed E-state index contributed by atoms with van der Waals surface area (Å²) in [6.45, 7) is 9.34. The summed E-state index contributed by atoms with van der Waals surface area (Å²) in [4.78, 5) is 8.86. The van der Waals surface area contributed by atoms with Gasteiger partial charge in [0.25, 0.3) is 0 Å². The van der Waals surface area contributed by atoms with E-state index in [9.17, 15) is 0 Å². The van der Waals surface area contributed by atoms with Crippen molar-refractivity contribution >= 4 is 17.4 Å². The van der Waals surface area contributed by atoms with Crippen LogP contribution >= 0.6 is 11.6 Å². The first-order valence-corrected chi connectivity index (χ1v) is 8.30. The fourth-order valence-electron chi connectivity index (χ4n) is 2.87. The van der Waals surface area contributed by atoms with E-state index in [0.717, 1.165) is 43.9 Å². The molecule has 0 saturated carbocycles. The van der Waals surface area contributed by atoms with Crippen LogP contribution in [0.15, 0.2) is 6.07 Å². The number of nitrogens with zero attached hydrogens (tertiary/aromatic N) is 2. The van der Waals surface area contributed by atoms with Crippen LogP contribution in [0.4, 0.5) is 5.82 Å². The van der Waals surface area contributed by atoms with E-state index < -0.39 is 0 Å². The van der Waals surface area contributed by atoms with Gasteiger partial charge in [0, 0.05) is 24.6 Å². The molecule has 5 heteroatoms. The smallest absolute Gasteiger partial charge is 0.135 e. The highest BCUT2D eigenvalue weighted by Crippen LogP contribution is 2.32. The van der Waals surface area contributed by atoms with Crippen molar-refractivity contribution in [3.05, 3.63) is 17.0 Å². The molecule has 4 nitrogen and oxygen atoms in total. The van der Waals surface area contributed by atoms with E-state index in [2.05, 4.69) is 43.0 Å². The average Bonchev–Trinajstić information content (AvgIpc) is 2.46. The molecule has 21 heavy (non-hydrogen) atoms. The third kappa shape index (κ3) is 4.07. The van der Waals surface area contributed by atoms with Gasteiger partial charge in [0.1, 0.15) is 16.8 Å². The van der Waals surface area contributed by atoms with E-state index in [-0.39, 0.29) is 11.5 Å². The normalized spacial score (nSPS) is 21.5. The summed E-state index contributed by atoms with van der Waals surface area (Å²) in [6.07, 6.45) is 4.10. The van der Waals surface area contributed by atoms with E-state index in [0.29, 0.717) is 11.2 Å². The van der Waals surface area contributed by atoms with E-state index in [1.54, 1.807) is 0 Å². The van der Waals surface area contributed by atoms with Gasteiger partial charge in [-0.1, -0.05) is 39.3 Å². The molecule has 2 heterocycles. The van der Waals surface area contributed by atoms with Crippen LogP contribution in [0, 0.1) is 0 Å². The lowest BCUT2D eigenvalue weighted by Crippen LogP contribution is -2.43. The maximum Gasteiger partial charge on any atom is 0.135 e. The lowest BCUT2D eigenvalue weighted by Gasteiger charge is -2.40. The first-order valence-electron chi connectivity index (χ1n) is 7.93. The van der Waals surface area contributed by atoms with Crippen molar-refractivity contribution in [1.82, 2.24) is 9.97 Å². The van der Waals surface area contributed by atoms with Crippen LogP contribution in [-0.4, -0.2) is 28.2 Å². The number of halogens is 1. The van der Waals surface area contributed by atoms with Gasteiger partial charge in [0.05, 0.1) is 5.60 Å². The highest BCUT2D eigenvalue weighted by molar-refractivity contribution is 6.29. The Kier molecular flexibility index (Phi) is 5.44. The third-order valence-electron chi connectivity index (χ3n) is 4.36. The second-order valence-electron chi connectivity index (χ2n) is 6.16. The maximum atomic E-state index is 6.11. The Labute approximate surface area is 132 Å². The quantitative estimate of drug-likeness (QED) is 0.819. The summed E-state index contributed by atoms with van der Waals surface area (Å²) in [5, 5.41) is 4.03. The summed E-state index contributed by atoms with van der Waals surface area (Å²) >= 11 is 6.11. The Morgan fingerprint density at radius 1 is 1.38 bits per heavy atom. The fraction of sp³-hybridized carbons (Fsp3) is 0.750. The number of hydrogen-bond donors (Lipinski definition) is 1. The molecule has 2 rings (SSSR count). The molecule has 1 saturated heterocycles. The summed E-state index contributed by atoms with van der Waals surface area (Å²) in [5.41, 5.74) is 0.00756. The summed E-state index contributed by atoms with van der Waals surface area (Å²) in [5.74, 6) is 1.88. The van der Waals surface area contributed by atoms with Crippen molar-refractivity contribution in [3.63, 3.8) is 0 Å². The fourth-order valence-corrected chi connectivity index (χ4v) is 3.06. The van der Waals surface area contributed by atoms with Gasteiger partial charge in [-0.3, -0.25) is 0 Å². The van der Waals surface area contributed by atoms with E-state index in [1.807, 2.05) is 6.07 Å². The van der Waals surface area contributed by atoms with E-state index in [4.69, 9.17) is 16.3 Å². The molecular weight excluding hydrogens is 286 g/mol. The number of hydrogen-bond acceptors (Lipinski definition) is 4. The highest BCUT2D eigenvalue weighted by Gasteiger charge is 2.34. The maximum absolute atomic E-state index is 6.11. The molecule has 0 bridgehead atoms. The number of ether oxygens (including phenoxy) is 1. The molecule has 1 atom stereocenters. The molecule has 118 valence electrons. The molecule has 1 unspecified atom stereocenters. The lowest BCUT2D eigenvalue weighted by molar-refractivity contribution is -0.0864. The topological polar surface area (TPSA) is 47.0 Å². The Morgan fingerprint density at radius 3 is 2.71 bits per heavy atom. The van der Waals surface area contributed by atoms with Crippen molar-refractivity contribution in [2.24, 2.45) is 0 Å². The predicted molar refractivity (Wildman–Crippen MR) is 87.0 cm³/mol. The van der Waals surface area contributed by atoms with Gasteiger partial charge < -0.3 is 10.1 Å². The van der Waals surface area contributed by atoms with Crippen molar-refractivity contribution in [2.75, 3.05) is 11.9 Å². The molecule has 0 amide bonds. The molecule has 1 N–H and O–H groups in total. The minimum absolute atomic E-state index is 0.00756. The van der Waals surface area contributed by atoms with Gasteiger partial charge in [-0.25, -0.2) is 9.97 Å². The Morgan fingerprint density at radius 2 is 2.10 bits per heavy atom. The molecule has 1 aromatic heterocycles. The molecule has 1 fully saturated rings. The van der Waals surface area contributed by atoms with E-state index in [1.165, 1.54) is 0 Å². The molecule has 1 aliphatic rings. The number of nitrogens with one attached hydrogen (secondary N) is 1. The van der Waals surface area contributed by atoms with Crippen molar-refractivity contribution in [3.8, 4) is 0 Å². The molecule has 1 aliphatic heterocycles. The minimum Gasteiger partial charge on any atom is -0.375 e. The molecule has 1 aromatic rings. The first kappa shape index (κ1) is 16.5. The van der Waals surface area contributed by atoms with Crippen LogP contribution in [0.25, 0.3) is 0 Å². The van der Waals surface area contributed by atoms with Crippen LogP contribution in [-0.2, 0) is 4.74 Å². The van der Waals surface area contributed by atoms with Crippen LogP contribution in [0.3, 0.4) is 0 Å². The predicted octanol–water partition coefficient (Wildman–Crippen LogP) is 4.40. The zero-order valence-corrected chi connectivity index (χ0v) is 14.2. The van der Waals surface area contributed by atoms with Crippen LogP contribution in [0.1, 0.15) is 65.1 Å². The zero-order valence-electron chi connectivity index (χ0n) is 13.4. The highest BCUT2D eigenvalue weighted by atomic mass is 35.5. The molecular formula is C16H26ClN3O. The van der Waals surface area contributed by atoms with Gasteiger partial charge in [0.15, 0.2) is 0 Å². The Bertz CT molecular complexity index is 475. The lowest BCUT2D eigenvalue weighted by atomic mass is 9.86. The van der Waals surface area contributed by atoms with Gasteiger partial charge in [-0.2, -0.15) is 0 Å². The molecule has 0 radical (unpaired) electrons. The van der Waals surface area contributed by atoms with Gasteiger partial charge in [-0.05, 0) is 25.7 Å². The molecule has 0 aliphatic carbocycles. The monoisotopic (exact) mass is 311 g/mol. The molecule has 0 aromatic carbocycles. The second-order valence-corrected chi connectivity index (χ2v) is 6.55. The first-order chi connectivity index (χ1) is 9.98. The van der Waals surface area contributed by atoms with Gasteiger partial charge in [-0.15, -0.1) is 0 Å². The molecule has 0 spiro atoms. The summed E-state index contributed by atoms with van der Waals surface area (Å²) in [6, 6.07) is 2.19. The average molecular weight is 312 g/mol. The van der Waals surface area contributed by atoms with E-state index >= 15 is 0 Å². The summed E-state index contributed by atoms with van der Waals surface area (Å²) in [7, 11) is 0. The van der Waals surface area contributed by atoms with Crippen LogP contribution in [0.5, 0.6) is 0 Å². The number of rotatable bonds is 5. The van der Waals surface area contributed by atoms with Crippen LogP contribution in [0.2, 0.25) is 5.15 Å². The largest absolute Gasteiger partial charge is 0.375 e. The van der Waals surface area contributed by atoms with Crippen molar-refractivity contribution in [1.29, 1.82) is 0 Å². The minimum atomic E-state index is 0.00756. The van der Waals surface area contributed by atoms with Crippen molar-refractivity contribution < 1.29 is 4.74 Å². The van der Waals surface area contributed by atoms with Crippen molar-refractivity contribution in [2.45, 2.75) is 70.9 Å². The Hall–Kier alpha value is -0.870.